The number of rotatable bonds is 2. The molecule has 3 aromatic heterocycles. The number of hydrogen-bond acceptors (Lipinski definition) is 5. The van der Waals surface area contributed by atoms with E-state index in [-0.39, 0.29) is 16.5 Å². The molecule has 23 heavy (non-hydrogen) atoms. The van der Waals surface area contributed by atoms with Gasteiger partial charge in [0.05, 0.1) is 10.0 Å². The summed E-state index contributed by atoms with van der Waals surface area (Å²) >= 11 is 11.5. The molecule has 0 aliphatic heterocycles. The first-order valence-electron chi connectivity index (χ1n) is 6.29. The number of hydrogen-bond donors (Lipinski definition) is 2. The fourth-order valence-corrected chi connectivity index (χ4v) is 2.20. The Morgan fingerprint density at radius 3 is 2.61 bits per heavy atom. The Labute approximate surface area is 139 Å². The summed E-state index contributed by atoms with van der Waals surface area (Å²) in [5.41, 5.74) is -1.10. The van der Waals surface area contributed by atoms with Crippen LogP contribution in [-0.4, -0.2) is 25.4 Å². The maximum Gasteiger partial charge on any atom is 0.274 e. The minimum Gasteiger partial charge on any atom is -0.493 e. The lowest BCUT2D eigenvalue weighted by atomic mass is 10.2. The van der Waals surface area contributed by atoms with Gasteiger partial charge in [-0.1, -0.05) is 23.2 Å². The Kier molecular flexibility index (Phi) is 3.89. The lowest BCUT2D eigenvalue weighted by molar-refractivity contribution is 0.102. The second-order valence-corrected chi connectivity index (χ2v) is 5.38. The zero-order valence-electron chi connectivity index (χ0n) is 11.3. The van der Waals surface area contributed by atoms with Crippen LogP contribution in [0.1, 0.15) is 10.4 Å². The fraction of sp³-hybridized carbons (Fsp3) is 0. The predicted molar refractivity (Wildman–Crippen MR) is 85.3 cm³/mol. The largest absolute Gasteiger partial charge is 0.493 e. The molecule has 0 spiro atoms. The fourth-order valence-electron chi connectivity index (χ4n) is 1.93. The number of aromatic nitrogens is 3. The molecular weight excluding hydrogens is 343 g/mol. The van der Waals surface area contributed by atoms with Crippen LogP contribution in [0, 0.1) is 0 Å². The van der Waals surface area contributed by atoms with Crippen LogP contribution >= 0.6 is 23.2 Å². The molecule has 0 saturated carbocycles. The highest BCUT2D eigenvalue weighted by molar-refractivity contribution is 6.30. The Hall–Kier alpha value is -2.64. The quantitative estimate of drug-likeness (QED) is 0.739. The first-order valence-corrected chi connectivity index (χ1v) is 7.05. The Morgan fingerprint density at radius 2 is 1.91 bits per heavy atom. The van der Waals surface area contributed by atoms with Crippen LogP contribution in [0.5, 0.6) is 5.88 Å². The maximum absolute atomic E-state index is 12.4. The smallest absolute Gasteiger partial charge is 0.274 e. The number of halogens is 2. The van der Waals surface area contributed by atoms with E-state index in [1.165, 1.54) is 36.7 Å². The number of nitrogens with one attached hydrogen (secondary N) is 1. The van der Waals surface area contributed by atoms with E-state index in [4.69, 9.17) is 23.2 Å². The molecule has 3 heterocycles. The third kappa shape index (κ3) is 2.96. The van der Waals surface area contributed by atoms with E-state index in [0.29, 0.717) is 5.02 Å². The van der Waals surface area contributed by atoms with Gasteiger partial charge in [-0.2, -0.15) is 4.98 Å². The molecule has 0 fully saturated rings. The number of carbonyl (C=O) groups is 1. The summed E-state index contributed by atoms with van der Waals surface area (Å²) in [6, 6.07) is 5.95. The molecule has 0 aliphatic rings. The van der Waals surface area contributed by atoms with Crippen molar-refractivity contribution in [2.75, 3.05) is 5.32 Å². The molecule has 116 valence electrons. The number of anilines is 1. The molecule has 0 radical (unpaired) electrons. The summed E-state index contributed by atoms with van der Waals surface area (Å²) in [4.78, 5) is 32.3. The van der Waals surface area contributed by atoms with Gasteiger partial charge in [-0.15, -0.1) is 0 Å². The van der Waals surface area contributed by atoms with Crippen molar-refractivity contribution in [2.24, 2.45) is 0 Å². The van der Waals surface area contributed by atoms with Crippen LogP contribution < -0.4 is 10.9 Å². The molecule has 7 nitrogen and oxygen atoms in total. The van der Waals surface area contributed by atoms with Crippen molar-refractivity contribution in [1.29, 1.82) is 0 Å². The minimum atomic E-state index is -0.843. The normalized spacial score (nSPS) is 10.7. The topological polar surface area (TPSA) is 96.6 Å². The van der Waals surface area contributed by atoms with E-state index in [2.05, 4.69) is 15.3 Å². The molecule has 2 N–H and O–H groups in total. The van der Waals surface area contributed by atoms with Crippen LogP contribution in [-0.2, 0) is 0 Å². The van der Waals surface area contributed by atoms with Gasteiger partial charge < -0.3 is 10.4 Å². The van der Waals surface area contributed by atoms with Crippen molar-refractivity contribution in [1.82, 2.24) is 14.4 Å². The second kappa shape index (κ2) is 5.86. The first kappa shape index (κ1) is 15.3. The van der Waals surface area contributed by atoms with Crippen LogP contribution in [0.25, 0.3) is 5.65 Å². The van der Waals surface area contributed by atoms with Crippen LogP contribution in [0.15, 0.2) is 41.5 Å². The molecular formula is C14H8Cl2N4O3. The molecule has 0 unspecified atom stereocenters. The van der Waals surface area contributed by atoms with E-state index >= 15 is 0 Å². The van der Waals surface area contributed by atoms with Gasteiger partial charge in [-0.05, 0) is 24.3 Å². The van der Waals surface area contributed by atoms with Gasteiger partial charge in [-0.3, -0.25) is 14.0 Å². The molecule has 0 aromatic carbocycles. The van der Waals surface area contributed by atoms with E-state index in [1.807, 2.05) is 0 Å². The predicted octanol–water partition coefficient (Wildman–Crippen LogP) is 2.35. The highest BCUT2D eigenvalue weighted by Crippen LogP contribution is 2.16. The number of amides is 1. The third-order valence-corrected chi connectivity index (χ3v) is 3.41. The van der Waals surface area contributed by atoms with Gasteiger partial charge in [0.1, 0.15) is 11.5 Å². The molecule has 3 rings (SSSR count). The number of carbonyl (C=O) groups excluding carboxylic acids is 1. The van der Waals surface area contributed by atoms with E-state index in [9.17, 15) is 14.7 Å². The third-order valence-electron chi connectivity index (χ3n) is 2.96. The summed E-state index contributed by atoms with van der Waals surface area (Å²) in [7, 11) is 0. The average molecular weight is 351 g/mol. The zero-order valence-corrected chi connectivity index (χ0v) is 12.8. The van der Waals surface area contributed by atoms with Gasteiger partial charge in [-0.25, -0.2) is 4.98 Å². The molecule has 0 saturated heterocycles. The van der Waals surface area contributed by atoms with Gasteiger partial charge >= 0.3 is 0 Å². The summed E-state index contributed by atoms with van der Waals surface area (Å²) in [6.07, 6.45) is 2.64. The van der Waals surface area contributed by atoms with Gasteiger partial charge in [0.2, 0.25) is 5.88 Å². The monoisotopic (exact) mass is 350 g/mol. The van der Waals surface area contributed by atoms with Gasteiger partial charge in [0.25, 0.3) is 11.5 Å². The summed E-state index contributed by atoms with van der Waals surface area (Å²) < 4.78 is 1.08. The van der Waals surface area contributed by atoms with E-state index in [0.717, 1.165) is 4.40 Å². The van der Waals surface area contributed by atoms with E-state index < -0.39 is 22.9 Å². The molecule has 0 aliphatic carbocycles. The Morgan fingerprint density at radius 1 is 1.17 bits per heavy atom. The van der Waals surface area contributed by atoms with Crippen molar-refractivity contribution in [3.05, 3.63) is 62.6 Å². The molecule has 1 amide bonds. The summed E-state index contributed by atoms with van der Waals surface area (Å²) in [5.74, 6) is -1.35. The van der Waals surface area contributed by atoms with Crippen molar-refractivity contribution in [2.45, 2.75) is 0 Å². The lowest BCUT2D eigenvalue weighted by Crippen LogP contribution is -2.27. The van der Waals surface area contributed by atoms with Crippen molar-refractivity contribution in [3.63, 3.8) is 0 Å². The molecule has 9 heteroatoms. The zero-order chi connectivity index (χ0) is 16.6. The Balaban J connectivity index is 2.06. The standard InChI is InChI=1S/C14H8Cl2N4O3/c15-7-1-3-9(17-5-7)18-12(21)11-13(22)19-10-4-2-8(16)6-20(10)14(11)23/h1-6,22H,(H,17,18,21). The van der Waals surface area contributed by atoms with Crippen molar-refractivity contribution >= 4 is 40.6 Å². The van der Waals surface area contributed by atoms with Crippen molar-refractivity contribution in [3.8, 4) is 5.88 Å². The van der Waals surface area contributed by atoms with Crippen LogP contribution in [0.3, 0.4) is 0 Å². The number of fused-ring (bicyclic) bond motifs is 1. The van der Waals surface area contributed by atoms with Crippen LogP contribution in [0.4, 0.5) is 5.82 Å². The number of nitrogens with zero attached hydrogens (tertiary/aromatic N) is 3. The first-order chi connectivity index (χ1) is 11.0. The van der Waals surface area contributed by atoms with Gasteiger partial charge in [0.15, 0.2) is 5.56 Å². The van der Waals surface area contributed by atoms with Crippen molar-refractivity contribution < 1.29 is 9.90 Å². The number of pyridine rings is 2. The molecule has 3 aromatic rings. The highest BCUT2D eigenvalue weighted by Gasteiger charge is 2.20. The SMILES string of the molecule is O=C(Nc1ccc(Cl)cn1)c1c(O)nc2ccc(Cl)cn2c1=O. The average Bonchev–Trinajstić information content (AvgIpc) is 2.50. The lowest BCUT2D eigenvalue weighted by Gasteiger charge is -2.07. The minimum absolute atomic E-state index is 0.165. The van der Waals surface area contributed by atoms with Crippen LogP contribution in [0.2, 0.25) is 10.0 Å². The summed E-state index contributed by atoms with van der Waals surface area (Å²) in [5, 5.41) is 13.0. The molecule has 0 bridgehead atoms. The Bertz CT molecular complexity index is 970. The van der Waals surface area contributed by atoms with Gasteiger partial charge in [0, 0.05) is 12.4 Å². The molecule has 0 atom stereocenters. The number of aromatic hydroxyl groups is 1. The maximum atomic E-state index is 12.4. The second-order valence-electron chi connectivity index (χ2n) is 4.51. The van der Waals surface area contributed by atoms with E-state index in [1.54, 1.807) is 0 Å². The summed E-state index contributed by atoms with van der Waals surface area (Å²) in [6.45, 7) is 0. The highest BCUT2D eigenvalue weighted by atomic mass is 35.5.